The molecule has 0 radical (unpaired) electrons. The van der Waals surface area contributed by atoms with Crippen molar-refractivity contribution in [2.75, 3.05) is 0 Å². The van der Waals surface area contributed by atoms with E-state index >= 15 is 0 Å². The number of alkyl halides is 3. The quantitative estimate of drug-likeness (QED) is 0.492. The molecule has 6 heteroatoms. The van der Waals surface area contributed by atoms with Gasteiger partial charge in [0, 0.05) is 5.57 Å². The maximum Gasteiger partial charge on any atom is 0.483 e. The third-order valence-corrected chi connectivity index (χ3v) is 1.17. The number of rotatable bonds is 2. The molecule has 0 aromatic rings. The summed E-state index contributed by atoms with van der Waals surface area (Å²) in [5.74, 6) is 0. The van der Waals surface area contributed by atoms with Crippen LogP contribution in [0.1, 0.15) is 6.92 Å². The van der Waals surface area contributed by atoms with E-state index in [1.165, 1.54) is 6.92 Å². The average molecular weight is 180 g/mol. The summed E-state index contributed by atoms with van der Waals surface area (Å²) in [6.07, 6.45) is -3.93. The highest BCUT2D eigenvalue weighted by atomic mass is 19.4. The van der Waals surface area contributed by atoms with E-state index in [0.717, 1.165) is 0 Å². The topological polar surface area (TPSA) is 40.5 Å². The summed E-state index contributed by atoms with van der Waals surface area (Å²) in [5, 5.41) is 16.8. The predicted octanol–water partition coefficient (Wildman–Crippen LogP) is 1.06. The van der Waals surface area contributed by atoms with Crippen LogP contribution in [0.3, 0.4) is 0 Å². The molecule has 0 saturated carbocycles. The second kappa shape index (κ2) is 3.77. The lowest BCUT2D eigenvalue weighted by Gasteiger charge is -2.06. The van der Waals surface area contributed by atoms with Gasteiger partial charge in [0.25, 0.3) is 0 Å². The van der Waals surface area contributed by atoms with Crippen molar-refractivity contribution in [2.45, 2.75) is 13.1 Å². The largest absolute Gasteiger partial charge is 0.483 e. The van der Waals surface area contributed by atoms with Crippen molar-refractivity contribution in [2.24, 2.45) is 0 Å². The van der Waals surface area contributed by atoms with Crippen molar-refractivity contribution in [1.82, 2.24) is 0 Å². The van der Waals surface area contributed by atoms with E-state index in [2.05, 4.69) is 6.58 Å². The summed E-state index contributed by atoms with van der Waals surface area (Å²) in [6.45, 7) is 3.89. The van der Waals surface area contributed by atoms with Crippen LogP contribution in [0.25, 0.3) is 0 Å². The zero-order valence-electron chi connectivity index (χ0n) is 6.39. The first-order chi connectivity index (χ1) is 5.25. The normalized spacial score (nSPS) is 13.0. The van der Waals surface area contributed by atoms with Gasteiger partial charge < -0.3 is 10.0 Å². The molecule has 0 amide bonds. The van der Waals surface area contributed by atoms with Gasteiger partial charge in [0.05, 0.1) is 0 Å². The van der Waals surface area contributed by atoms with Gasteiger partial charge in [-0.25, -0.2) is 0 Å². The van der Waals surface area contributed by atoms with E-state index in [-0.39, 0.29) is 5.47 Å². The molecule has 0 aliphatic rings. The smallest absolute Gasteiger partial charge is 0.423 e. The number of hydrogen-bond acceptors (Lipinski definition) is 2. The molecule has 0 bridgehead atoms. The lowest BCUT2D eigenvalue weighted by atomic mass is 9.80. The second-order valence-corrected chi connectivity index (χ2v) is 2.29. The Hall–Kier alpha value is -0.745. The van der Waals surface area contributed by atoms with Gasteiger partial charge in [-0.1, -0.05) is 12.7 Å². The molecule has 0 rings (SSSR count). The van der Waals surface area contributed by atoms with Crippen LogP contribution in [0, 0.1) is 0 Å². The van der Waals surface area contributed by atoms with E-state index in [9.17, 15) is 13.2 Å². The van der Waals surface area contributed by atoms with E-state index < -0.39 is 18.9 Å². The molecule has 0 saturated heterocycles. The van der Waals surface area contributed by atoms with Crippen LogP contribution in [0.4, 0.5) is 13.2 Å². The predicted molar refractivity (Wildman–Crippen MR) is 39.1 cm³/mol. The number of halogens is 3. The molecule has 0 spiro atoms. The Balaban J connectivity index is 4.46. The Morgan fingerprint density at radius 2 is 1.83 bits per heavy atom. The van der Waals surface area contributed by atoms with Crippen molar-refractivity contribution in [1.29, 1.82) is 0 Å². The fourth-order valence-corrected chi connectivity index (χ4v) is 0.431. The van der Waals surface area contributed by atoms with Crippen LogP contribution in [0.5, 0.6) is 0 Å². The first-order valence-electron chi connectivity index (χ1n) is 3.05. The minimum Gasteiger partial charge on any atom is -0.423 e. The Morgan fingerprint density at radius 3 is 2.08 bits per heavy atom. The molecule has 68 valence electrons. The monoisotopic (exact) mass is 180 g/mol. The van der Waals surface area contributed by atoms with Gasteiger partial charge in [-0.2, -0.15) is 13.2 Å². The second-order valence-electron chi connectivity index (χ2n) is 2.29. The van der Waals surface area contributed by atoms with E-state index in [4.69, 9.17) is 10.0 Å². The number of hydrogen-bond donors (Lipinski definition) is 2. The van der Waals surface area contributed by atoms with Crippen LogP contribution >= 0.6 is 0 Å². The lowest BCUT2D eigenvalue weighted by molar-refractivity contribution is -0.0878. The van der Waals surface area contributed by atoms with Crippen LogP contribution in [-0.2, 0) is 0 Å². The first kappa shape index (κ1) is 11.3. The zero-order valence-corrected chi connectivity index (χ0v) is 6.39. The molecule has 0 aliphatic heterocycles. The fourth-order valence-electron chi connectivity index (χ4n) is 0.431. The van der Waals surface area contributed by atoms with Gasteiger partial charge in [-0.3, -0.25) is 0 Å². The number of allylic oxidation sites excluding steroid dienone is 3. The molecular formula is C6H8BF3O2. The van der Waals surface area contributed by atoms with Gasteiger partial charge in [-0.15, -0.1) is 0 Å². The molecule has 0 atom stereocenters. The van der Waals surface area contributed by atoms with Crippen molar-refractivity contribution >= 4 is 7.12 Å². The van der Waals surface area contributed by atoms with E-state index in [1.807, 2.05) is 0 Å². The molecule has 0 fully saturated rings. The summed E-state index contributed by atoms with van der Waals surface area (Å²) in [5.41, 5.74) is -1.30. The summed E-state index contributed by atoms with van der Waals surface area (Å²) in [7, 11) is -1.87. The summed E-state index contributed by atoms with van der Waals surface area (Å²) >= 11 is 0. The minimum atomic E-state index is -4.52. The van der Waals surface area contributed by atoms with E-state index in [0.29, 0.717) is 6.08 Å². The maximum absolute atomic E-state index is 11.8. The Kier molecular flexibility index (Phi) is 3.54. The van der Waals surface area contributed by atoms with Crippen LogP contribution in [0.15, 0.2) is 23.7 Å². The van der Waals surface area contributed by atoms with Gasteiger partial charge in [0.15, 0.2) is 0 Å². The zero-order chi connectivity index (χ0) is 9.94. The maximum atomic E-state index is 11.8. The Morgan fingerprint density at radius 1 is 1.42 bits per heavy atom. The highest BCUT2D eigenvalue weighted by Crippen LogP contribution is 2.25. The molecule has 2 N–H and O–H groups in total. The highest BCUT2D eigenvalue weighted by Gasteiger charge is 2.30. The highest BCUT2D eigenvalue weighted by molar-refractivity contribution is 6.50. The van der Waals surface area contributed by atoms with Gasteiger partial charge in [0.2, 0.25) is 0 Å². The summed E-state index contributed by atoms with van der Waals surface area (Å²) in [4.78, 5) is 0. The molecule has 2 nitrogen and oxygen atoms in total. The fraction of sp³-hybridized carbons (Fsp3) is 0.333. The minimum absolute atomic E-state index is 0.197. The van der Waals surface area contributed by atoms with Crippen LogP contribution < -0.4 is 0 Å². The van der Waals surface area contributed by atoms with Crippen molar-refractivity contribution in [3.8, 4) is 0 Å². The Labute approximate surface area is 68.2 Å². The molecule has 0 aromatic carbocycles. The summed E-state index contributed by atoms with van der Waals surface area (Å²) in [6, 6.07) is 0. The molecular weight excluding hydrogens is 172 g/mol. The van der Waals surface area contributed by atoms with Crippen molar-refractivity contribution in [3.05, 3.63) is 23.7 Å². The average Bonchev–Trinajstić information content (AvgIpc) is 1.85. The van der Waals surface area contributed by atoms with Crippen molar-refractivity contribution in [3.63, 3.8) is 0 Å². The molecule has 0 aromatic heterocycles. The SMILES string of the molecule is C=C(/C=C(\C)B(O)O)C(F)(F)F. The molecule has 12 heavy (non-hydrogen) atoms. The molecule has 0 unspecified atom stereocenters. The summed E-state index contributed by atoms with van der Waals surface area (Å²) < 4.78 is 35.3. The lowest BCUT2D eigenvalue weighted by Crippen LogP contribution is -2.15. The van der Waals surface area contributed by atoms with Gasteiger partial charge >= 0.3 is 13.3 Å². The van der Waals surface area contributed by atoms with Gasteiger partial charge in [0.1, 0.15) is 0 Å². The van der Waals surface area contributed by atoms with Crippen LogP contribution in [0.2, 0.25) is 0 Å². The van der Waals surface area contributed by atoms with Crippen LogP contribution in [-0.4, -0.2) is 23.3 Å². The molecule has 0 heterocycles. The van der Waals surface area contributed by atoms with Crippen molar-refractivity contribution < 1.29 is 23.2 Å². The molecule has 0 aliphatic carbocycles. The van der Waals surface area contributed by atoms with E-state index in [1.54, 1.807) is 0 Å². The third kappa shape index (κ3) is 3.59. The Bertz CT molecular complexity index is 207. The third-order valence-electron chi connectivity index (χ3n) is 1.17. The van der Waals surface area contributed by atoms with Gasteiger partial charge in [-0.05, 0) is 12.4 Å². The first-order valence-corrected chi connectivity index (χ1v) is 3.05. The standard InChI is InChI=1S/C6H8BF3O2/c1-4(6(8,9)10)3-5(2)7(11)12/h3,11-12H,1H2,2H3/b5-3+.